The number of hydrogen-bond acceptors (Lipinski definition) is 4. The summed E-state index contributed by atoms with van der Waals surface area (Å²) in [6.07, 6.45) is 2.64. The molecule has 0 unspecified atom stereocenters. The van der Waals surface area contributed by atoms with Gasteiger partial charge in [0.25, 0.3) is 11.6 Å². The first-order chi connectivity index (χ1) is 7.99. The van der Waals surface area contributed by atoms with Crippen molar-refractivity contribution in [1.29, 1.82) is 5.41 Å². The average molecular weight is 234 g/mol. The Morgan fingerprint density at radius 1 is 1.41 bits per heavy atom. The predicted molar refractivity (Wildman–Crippen MR) is 62.2 cm³/mol. The first kappa shape index (κ1) is 12.4. The van der Waals surface area contributed by atoms with Crippen molar-refractivity contribution in [2.75, 3.05) is 0 Å². The van der Waals surface area contributed by atoms with Crippen molar-refractivity contribution in [1.82, 2.24) is 5.32 Å². The summed E-state index contributed by atoms with van der Waals surface area (Å²) in [6.45, 7) is 0. The number of nitro groups is 1. The molecule has 0 aliphatic rings. The maximum Gasteiger partial charge on any atom is 0.269 e. The molecule has 4 N–H and O–H groups in total. The highest BCUT2D eigenvalue weighted by Gasteiger charge is 2.02. The highest BCUT2D eigenvalue weighted by molar-refractivity contribution is 6.02. The molecule has 88 valence electrons. The Bertz CT molecular complexity index is 479. The topological polar surface area (TPSA) is 122 Å². The smallest absolute Gasteiger partial charge is 0.269 e. The molecule has 0 heterocycles. The number of guanidine groups is 1. The van der Waals surface area contributed by atoms with E-state index in [-0.39, 0.29) is 5.69 Å². The van der Waals surface area contributed by atoms with Gasteiger partial charge in [0.2, 0.25) is 0 Å². The van der Waals surface area contributed by atoms with Gasteiger partial charge in [-0.2, -0.15) is 0 Å². The van der Waals surface area contributed by atoms with E-state index < -0.39 is 16.8 Å². The van der Waals surface area contributed by atoms with Crippen LogP contribution in [0.15, 0.2) is 30.3 Å². The molecule has 0 fully saturated rings. The van der Waals surface area contributed by atoms with E-state index in [9.17, 15) is 14.9 Å². The van der Waals surface area contributed by atoms with Crippen molar-refractivity contribution in [3.05, 3.63) is 46.0 Å². The van der Waals surface area contributed by atoms with E-state index in [1.165, 1.54) is 36.4 Å². The fourth-order valence-corrected chi connectivity index (χ4v) is 1.05. The lowest BCUT2D eigenvalue weighted by Gasteiger charge is -1.96. The fraction of sp³-hybridized carbons (Fsp3) is 0. The van der Waals surface area contributed by atoms with E-state index >= 15 is 0 Å². The van der Waals surface area contributed by atoms with Crippen LogP contribution in [0.3, 0.4) is 0 Å². The number of benzene rings is 1. The molecule has 0 aliphatic carbocycles. The maximum atomic E-state index is 11.1. The Hall–Kier alpha value is -2.70. The molecule has 0 saturated heterocycles. The quantitative estimate of drug-likeness (QED) is 0.233. The van der Waals surface area contributed by atoms with E-state index in [1.807, 2.05) is 0 Å². The molecule has 0 bridgehead atoms. The number of hydrogen-bond donors (Lipinski definition) is 3. The summed E-state index contributed by atoms with van der Waals surface area (Å²) >= 11 is 0. The van der Waals surface area contributed by atoms with E-state index in [0.29, 0.717) is 5.56 Å². The van der Waals surface area contributed by atoms with E-state index in [4.69, 9.17) is 11.1 Å². The standard InChI is InChI=1S/C10H10N4O3/c11-10(12)13-9(15)6-3-7-1-4-8(5-2-7)14(16)17/h1-6H,(H4,11,12,13,15)/b6-3+. The van der Waals surface area contributed by atoms with Gasteiger partial charge in [-0.15, -0.1) is 0 Å². The molecule has 17 heavy (non-hydrogen) atoms. The van der Waals surface area contributed by atoms with Crippen molar-refractivity contribution in [3.63, 3.8) is 0 Å². The Labute approximate surface area is 96.6 Å². The third-order valence-electron chi connectivity index (χ3n) is 1.79. The molecule has 7 heteroatoms. The zero-order valence-electron chi connectivity index (χ0n) is 8.71. The van der Waals surface area contributed by atoms with Gasteiger partial charge >= 0.3 is 0 Å². The summed E-state index contributed by atoms with van der Waals surface area (Å²) in [7, 11) is 0. The number of carbonyl (C=O) groups is 1. The summed E-state index contributed by atoms with van der Waals surface area (Å²) < 4.78 is 0. The SMILES string of the molecule is N=C(N)NC(=O)/C=C/c1ccc([N+](=O)[O-])cc1. The van der Waals surface area contributed by atoms with Gasteiger partial charge in [0.05, 0.1) is 4.92 Å². The second-order valence-electron chi connectivity index (χ2n) is 3.08. The van der Waals surface area contributed by atoms with Gasteiger partial charge in [0.15, 0.2) is 5.96 Å². The fourth-order valence-electron chi connectivity index (χ4n) is 1.05. The number of carbonyl (C=O) groups excluding carboxylic acids is 1. The monoisotopic (exact) mass is 234 g/mol. The first-order valence-corrected chi connectivity index (χ1v) is 4.56. The number of nitrogens with two attached hydrogens (primary N) is 1. The van der Waals surface area contributed by atoms with Crippen molar-refractivity contribution in [2.45, 2.75) is 0 Å². The summed E-state index contributed by atoms with van der Waals surface area (Å²) in [4.78, 5) is 21.0. The van der Waals surface area contributed by atoms with Crippen LogP contribution in [0.25, 0.3) is 6.08 Å². The van der Waals surface area contributed by atoms with Gasteiger partial charge in [-0.1, -0.05) is 0 Å². The zero-order valence-corrected chi connectivity index (χ0v) is 8.71. The third kappa shape index (κ3) is 4.12. The van der Waals surface area contributed by atoms with Gasteiger partial charge in [-0.25, -0.2) is 0 Å². The Morgan fingerprint density at radius 3 is 2.47 bits per heavy atom. The van der Waals surface area contributed by atoms with E-state index in [0.717, 1.165) is 0 Å². The van der Waals surface area contributed by atoms with Gasteiger partial charge in [-0.05, 0) is 23.8 Å². The molecule has 1 aromatic carbocycles. The summed E-state index contributed by atoms with van der Waals surface area (Å²) in [5.74, 6) is -0.973. The van der Waals surface area contributed by atoms with E-state index in [2.05, 4.69) is 5.32 Å². The van der Waals surface area contributed by atoms with Crippen LogP contribution in [-0.2, 0) is 4.79 Å². The number of rotatable bonds is 3. The van der Waals surface area contributed by atoms with Crippen LogP contribution < -0.4 is 11.1 Å². The lowest BCUT2D eigenvalue weighted by molar-refractivity contribution is -0.384. The van der Waals surface area contributed by atoms with Crippen molar-refractivity contribution >= 4 is 23.6 Å². The van der Waals surface area contributed by atoms with Crippen LogP contribution >= 0.6 is 0 Å². The molecular weight excluding hydrogens is 224 g/mol. The lowest BCUT2D eigenvalue weighted by atomic mass is 10.2. The number of non-ortho nitro benzene ring substituents is 1. The maximum absolute atomic E-state index is 11.1. The van der Waals surface area contributed by atoms with Crippen LogP contribution in [-0.4, -0.2) is 16.8 Å². The summed E-state index contributed by atoms with van der Waals surface area (Å²) in [6, 6.07) is 5.69. The second kappa shape index (κ2) is 5.40. The number of nitrogens with one attached hydrogen (secondary N) is 2. The molecule has 1 amide bonds. The Kier molecular flexibility index (Phi) is 3.93. The van der Waals surface area contributed by atoms with Gasteiger partial charge in [0, 0.05) is 18.2 Å². The van der Waals surface area contributed by atoms with Gasteiger partial charge in [-0.3, -0.25) is 25.6 Å². The summed E-state index contributed by atoms with van der Waals surface area (Å²) in [5.41, 5.74) is 5.57. The second-order valence-corrected chi connectivity index (χ2v) is 3.08. The highest BCUT2D eigenvalue weighted by atomic mass is 16.6. The molecule has 0 aromatic heterocycles. The number of amides is 1. The molecule has 7 nitrogen and oxygen atoms in total. The molecule has 0 spiro atoms. The Balaban J connectivity index is 2.69. The zero-order chi connectivity index (χ0) is 12.8. The molecule has 1 aromatic rings. The third-order valence-corrected chi connectivity index (χ3v) is 1.79. The van der Waals surface area contributed by atoms with E-state index in [1.54, 1.807) is 0 Å². The van der Waals surface area contributed by atoms with Crippen molar-refractivity contribution in [3.8, 4) is 0 Å². The molecule has 0 saturated carbocycles. The van der Waals surface area contributed by atoms with Crippen LogP contribution in [0.2, 0.25) is 0 Å². The molecule has 0 aliphatic heterocycles. The number of nitrogens with zero attached hydrogens (tertiary/aromatic N) is 1. The molecular formula is C10H10N4O3. The molecule has 0 atom stereocenters. The minimum Gasteiger partial charge on any atom is -0.370 e. The van der Waals surface area contributed by atoms with Crippen LogP contribution in [0.4, 0.5) is 5.69 Å². The predicted octanol–water partition coefficient (Wildman–Crippen LogP) is 0.618. The largest absolute Gasteiger partial charge is 0.370 e. The molecule has 1 rings (SSSR count). The summed E-state index contributed by atoms with van der Waals surface area (Å²) in [5, 5.41) is 19.3. The van der Waals surface area contributed by atoms with Crippen molar-refractivity contribution < 1.29 is 9.72 Å². The van der Waals surface area contributed by atoms with Crippen LogP contribution in [0.1, 0.15) is 5.56 Å². The Morgan fingerprint density at radius 2 is 2.00 bits per heavy atom. The van der Waals surface area contributed by atoms with Crippen molar-refractivity contribution in [2.24, 2.45) is 5.73 Å². The molecule has 0 radical (unpaired) electrons. The minimum absolute atomic E-state index is 0.0182. The normalized spacial score (nSPS) is 10.1. The van der Waals surface area contributed by atoms with Gasteiger partial charge < -0.3 is 5.73 Å². The first-order valence-electron chi connectivity index (χ1n) is 4.56. The van der Waals surface area contributed by atoms with Crippen LogP contribution in [0.5, 0.6) is 0 Å². The minimum atomic E-state index is -0.532. The van der Waals surface area contributed by atoms with Gasteiger partial charge in [0.1, 0.15) is 0 Å². The highest BCUT2D eigenvalue weighted by Crippen LogP contribution is 2.12. The lowest BCUT2D eigenvalue weighted by Crippen LogP contribution is -2.34. The average Bonchev–Trinajstić information content (AvgIpc) is 2.26. The number of nitro benzene ring substituents is 1. The van der Waals surface area contributed by atoms with Crippen LogP contribution in [0, 0.1) is 15.5 Å².